The Bertz CT molecular complexity index is 279. The molecule has 2 rings (SSSR count). The average molecular weight is 211 g/mol. The molecule has 0 bridgehead atoms. The number of rotatable bonds is 3. The van der Waals surface area contributed by atoms with Gasteiger partial charge >= 0.3 is 0 Å². The summed E-state index contributed by atoms with van der Waals surface area (Å²) >= 11 is 1.74. The van der Waals surface area contributed by atoms with Crippen LogP contribution in [0.2, 0.25) is 0 Å². The molecular formula is C10H17N3S. The lowest BCUT2D eigenvalue weighted by atomic mass is 10.2. The zero-order chi connectivity index (χ0) is 9.80. The molecule has 0 atom stereocenters. The largest absolute Gasteiger partial charge is 0.248 e. The Morgan fingerprint density at radius 1 is 1.43 bits per heavy atom. The van der Waals surface area contributed by atoms with Gasteiger partial charge in [0.05, 0.1) is 6.54 Å². The fourth-order valence-corrected chi connectivity index (χ4v) is 2.42. The van der Waals surface area contributed by atoms with Gasteiger partial charge in [0.25, 0.3) is 0 Å². The Kier molecular flexibility index (Phi) is 3.50. The average Bonchev–Trinajstić information content (AvgIpc) is 2.63. The van der Waals surface area contributed by atoms with Crippen LogP contribution in [0.3, 0.4) is 0 Å². The minimum Gasteiger partial charge on any atom is -0.248 e. The van der Waals surface area contributed by atoms with Crippen LogP contribution in [0.1, 0.15) is 30.0 Å². The first-order valence-electron chi connectivity index (χ1n) is 5.24. The highest BCUT2D eigenvalue weighted by Gasteiger charge is 2.09. The SMILES string of the molecule is Cc1csc(CNN2CCCCC2)n1. The van der Waals surface area contributed by atoms with Crippen molar-refractivity contribution in [3.8, 4) is 0 Å². The molecule has 1 N–H and O–H groups in total. The van der Waals surface area contributed by atoms with E-state index in [-0.39, 0.29) is 0 Å². The van der Waals surface area contributed by atoms with Gasteiger partial charge in [-0.3, -0.25) is 0 Å². The van der Waals surface area contributed by atoms with Crippen LogP contribution in [-0.4, -0.2) is 23.1 Å². The fraction of sp³-hybridized carbons (Fsp3) is 0.700. The van der Waals surface area contributed by atoms with Gasteiger partial charge < -0.3 is 0 Å². The van der Waals surface area contributed by atoms with Crippen molar-refractivity contribution in [2.75, 3.05) is 13.1 Å². The van der Waals surface area contributed by atoms with Crippen LogP contribution in [0.15, 0.2) is 5.38 Å². The molecule has 14 heavy (non-hydrogen) atoms. The van der Waals surface area contributed by atoms with Gasteiger partial charge in [0.2, 0.25) is 0 Å². The molecule has 1 aromatic rings. The lowest BCUT2D eigenvalue weighted by Crippen LogP contribution is -2.41. The number of aromatic nitrogens is 1. The highest BCUT2D eigenvalue weighted by atomic mass is 32.1. The summed E-state index contributed by atoms with van der Waals surface area (Å²) in [6, 6.07) is 0. The van der Waals surface area contributed by atoms with E-state index in [9.17, 15) is 0 Å². The summed E-state index contributed by atoms with van der Waals surface area (Å²) in [5.41, 5.74) is 4.56. The molecule has 0 spiro atoms. The second-order valence-corrected chi connectivity index (χ2v) is 4.71. The zero-order valence-corrected chi connectivity index (χ0v) is 9.44. The van der Waals surface area contributed by atoms with E-state index in [0.29, 0.717) is 0 Å². The molecule has 0 radical (unpaired) electrons. The lowest BCUT2D eigenvalue weighted by molar-refractivity contribution is 0.151. The lowest BCUT2D eigenvalue weighted by Gasteiger charge is -2.26. The van der Waals surface area contributed by atoms with E-state index in [2.05, 4.69) is 20.8 Å². The van der Waals surface area contributed by atoms with Crippen molar-refractivity contribution in [2.45, 2.75) is 32.7 Å². The minimum absolute atomic E-state index is 0.887. The third-order valence-electron chi connectivity index (χ3n) is 2.48. The van der Waals surface area contributed by atoms with Gasteiger partial charge in [-0.2, -0.15) is 0 Å². The van der Waals surface area contributed by atoms with Gasteiger partial charge in [-0.05, 0) is 19.8 Å². The zero-order valence-electron chi connectivity index (χ0n) is 8.62. The number of hydrogen-bond acceptors (Lipinski definition) is 4. The second-order valence-electron chi connectivity index (χ2n) is 3.77. The first-order chi connectivity index (χ1) is 6.84. The first-order valence-corrected chi connectivity index (χ1v) is 6.12. The molecule has 4 heteroatoms. The number of nitrogens with zero attached hydrogens (tertiary/aromatic N) is 2. The van der Waals surface area contributed by atoms with E-state index in [4.69, 9.17) is 0 Å². The molecule has 0 saturated carbocycles. The number of hydrazine groups is 1. The van der Waals surface area contributed by atoms with Gasteiger partial charge in [-0.25, -0.2) is 15.4 Å². The molecule has 0 aliphatic carbocycles. The van der Waals surface area contributed by atoms with Crippen molar-refractivity contribution in [3.63, 3.8) is 0 Å². The van der Waals surface area contributed by atoms with Crippen molar-refractivity contribution >= 4 is 11.3 Å². The van der Waals surface area contributed by atoms with Gasteiger partial charge in [0.1, 0.15) is 5.01 Å². The molecule has 1 aliphatic heterocycles. The minimum atomic E-state index is 0.887. The van der Waals surface area contributed by atoms with Crippen molar-refractivity contribution in [1.82, 2.24) is 15.4 Å². The van der Waals surface area contributed by atoms with Crippen molar-refractivity contribution in [3.05, 3.63) is 16.1 Å². The van der Waals surface area contributed by atoms with Crippen molar-refractivity contribution in [1.29, 1.82) is 0 Å². The van der Waals surface area contributed by atoms with Crippen LogP contribution < -0.4 is 5.43 Å². The number of hydrogen-bond donors (Lipinski definition) is 1. The Morgan fingerprint density at radius 2 is 2.21 bits per heavy atom. The van der Waals surface area contributed by atoms with Crippen molar-refractivity contribution < 1.29 is 0 Å². The Balaban J connectivity index is 1.76. The summed E-state index contributed by atoms with van der Waals surface area (Å²) < 4.78 is 0. The van der Waals surface area contributed by atoms with Gasteiger partial charge in [-0.15, -0.1) is 11.3 Å². The summed E-state index contributed by atoms with van der Waals surface area (Å²) in [7, 11) is 0. The number of piperidine rings is 1. The third-order valence-corrected chi connectivity index (χ3v) is 3.44. The van der Waals surface area contributed by atoms with E-state index >= 15 is 0 Å². The summed E-state index contributed by atoms with van der Waals surface area (Å²) in [4.78, 5) is 4.42. The Morgan fingerprint density at radius 3 is 2.86 bits per heavy atom. The van der Waals surface area contributed by atoms with E-state index in [1.807, 2.05) is 6.92 Å². The summed E-state index contributed by atoms with van der Waals surface area (Å²) in [6.07, 6.45) is 4.03. The van der Waals surface area contributed by atoms with Crippen LogP contribution in [0.4, 0.5) is 0 Å². The second kappa shape index (κ2) is 4.87. The highest BCUT2D eigenvalue weighted by molar-refractivity contribution is 7.09. The van der Waals surface area contributed by atoms with Gasteiger partial charge in [0.15, 0.2) is 0 Å². The molecule has 0 aromatic carbocycles. The topological polar surface area (TPSA) is 28.2 Å². The smallest absolute Gasteiger partial charge is 0.108 e. The molecule has 1 fully saturated rings. The maximum atomic E-state index is 4.42. The predicted molar refractivity (Wildman–Crippen MR) is 59.1 cm³/mol. The predicted octanol–water partition coefficient (Wildman–Crippen LogP) is 1.94. The number of aryl methyl sites for hydroxylation is 1. The molecule has 1 aromatic heterocycles. The number of nitrogens with one attached hydrogen (secondary N) is 1. The van der Waals surface area contributed by atoms with E-state index < -0.39 is 0 Å². The van der Waals surface area contributed by atoms with Crippen LogP contribution in [0.25, 0.3) is 0 Å². The Labute approximate surface area is 89.1 Å². The summed E-state index contributed by atoms with van der Waals surface area (Å²) in [5, 5.41) is 5.61. The van der Waals surface area contributed by atoms with Gasteiger partial charge in [-0.1, -0.05) is 6.42 Å². The normalized spacial score (nSPS) is 18.6. The molecule has 1 saturated heterocycles. The molecule has 0 amide bonds. The van der Waals surface area contributed by atoms with Crippen LogP contribution in [-0.2, 0) is 6.54 Å². The molecule has 3 nitrogen and oxygen atoms in total. The van der Waals surface area contributed by atoms with Crippen molar-refractivity contribution in [2.24, 2.45) is 0 Å². The molecule has 0 unspecified atom stereocenters. The summed E-state index contributed by atoms with van der Waals surface area (Å²) in [6.45, 7) is 5.30. The van der Waals surface area contributed by atoms with E-state index in [1.165, 1.54) is 37.4 Å². The van der Waals surface area contributed by atoms with Gasteiger partial charge in [0, 0.05) is 24.2 Å². The first kappa shape index (κ1) is 10.1. The Hall–Kier alpha value is -0.450. The highest BCUT2D eigenvalue weighted by Crippen LogP contribution is 2.10. The molecule has 78 valence electrons. The van der Waals surface area contributed by atoms with Crippen LogP contribution in [0, 0.1) is 6.92 Å². The third kappa shape index (κ3) is 2.77. The maximum absolute atomic E-state index is 4.42. The number of thiazole rings is 1. The molecule has 2 heterocycles. The van der Waals surface area contributed by atoms with E-state index in [0.717, 1.165) is 12.2 Å². The summed E-state index contributed by atoms with van der Waals surface area (Å²) in [5.74, 6) is 0. The quantitative estimate of drug-likeness (QED) is 0.828. The van der Waals surface area contributed by atoms with Crippen LogP contribution >= 0.6 is 11.3 Å². The molecular weight excluding hydrogens is 194 g/mol. The van der Waals surface area contributed by atoms with E-state index in [1.54, 1.807) is 11.3 Å². The maximum Gasteiger partial charge on any atom is 0.108 e. The fourth-order valence-electron chi connectivity index (χ4n) is 1.72. The van der Waals surface area contributed by atoms with Crippen LogP contribution in [0.5, 0.6) is 0 Å². The monoisotopic (exact) mass is 211 g/mol. The molecule has 1 aliphatic rings. The standard InChI is InChI=1S/C10H17N3S/c1-9-8-14-10(12-9)7-11-13-5-3-2-4-6-13/h8,11H,2-7H2,1H3.